The van der Waals surface area contributed by atoms with E-state index in [1.54, 1.807) is 0 Å². The predicted molar refractivity (Wildman–Crippen MR) is 115 cm³/mol. The number of carbonyl (C=O) groups is 6. The van der Waals surface area contributed by atoms with Gasteiger partial charge in [-0.1, -0.05) is 21.6 Å². The number of Topliss-reactive ketones (excluding diaryl/α,β-unsaturated/α-hetero) is 2. The number of amides is 4. The molecule has 2 atom stereocenters. The van der Waals surface area contributed by atoms with Crippen molar-refractivity contribution in [3.8, 4) is 0 Å². The Bertz CT molecular complexity index is 542. The van der Waals surface area contributed by atoms with Gasteiger partial charge in [0.1, 0.15) is 11.6 Å². The number of nitrogens with one attached hydrogen (secondary N) is 2. The SMILES string of the molecule is CC(=O)O.CC(=O)O.[CH2-]CC(=O)C(CSSCC(NC(N)=O)C(=O)C[CH2-])NC(N)=O.[W].[W]. The van der Waals surface area contributed by atoms with Crippen molar-refractivity contribution in [3.63, 3.8) is 0 Å². The van der Waals surface area contributed by atoms with E-state index >= 15 is 0 Å². The second-order valence-electron chi connectivity index (χ2n) is 5.16. The molecule has 0 saturated carbocycles. The van der Waals surface area contributed by atoms with E-state index in [2.05, 4.69) is 24.5 Å². The molecular weight excluding hydrogens is 808 g/mol. The first kappa shape index (κ1) is 41.2. The van der Waals surface area contributed by atoms with Crippen LogP contribution in [0.2, 0.25) is 0 Å². The van der Waals surface area contributed by atoms with Gasteiger partial charge in [0.05, 0.1) is 12.1 Å². The smallest absolute Gasteiger partial charge is 0.312 e. The third-order valence-corrected chi connectivity index (χ3v) is 4.88. The molecule has 12 nitrogen and oxygen atoms in total. The van der Waals surface area contributed by atoms with Crippen molar-refractivity contribution >= 4 is 57.2 Å². The van der Waals surface area contributed by atoms with Gasteiger partial charge >= 0.3 is 12.1 Å². The minimum atomic E-state index is -0.833. The molecule has 0 fully saturated rings. The number of aliphatic carboxylic acids is 2. The number of carbonyl (C=O) groups excluding carboxylic acids is 4. The fourth-order valence-corrected chi connectivity index (χ4v) is 3.75. The first-order chi connectivity index (χ1) is 13.8. The van der Waals surface area contributed by atoms with Gasteiger partial charge in [0.25, 0.3) is 11.9 Å². The van der Waals surface area contributed by atoms with E-state index in [-0.39, 0.29) is 78.0 Å². The molecule has 0 bridgehead atoms. The summed E-state index contributed by atoms with van der Waals surface area (Å²) in [6.45, 7) is 9.10. The first-order valence-electron chi connectivity index (χ1n) is 8.17. The molecule has 0 aromatic rings. The molecule has 4 amide bonds. The van der Waals surface area contributed by atoms with Gasteiger partial charge in [-0.05, 0) is 0 Å². The van der Waals surface area contributed by atoms with Crippen LogP contribution < -0.4 is 22.1 Å². The average Bonchev–Trinajstić information content (AvgIpc) is 2.60. The summed E-state index contributed by atoms with van der Waals surface area (Å²) >= 11 is 0. The zero-order valence-corrected chi connectivity index (χ0v) is 25.0. The van der Waals surface area contributed by atoms with E-state index in [4.69, 9.17) is 31.3 Å². The van der Waals surface area contributed by atoms with Crippen LogP contribution in [0, 0.1) is 13.8 Å². The first-order valence-corrected chi connectivity index (χ1v) is 10.7. The third-order valence-electron chi connectivity index (χ3n) is 2.46. The summed E-state index contributed by atoms with van der Waals surface area (Å²) in [4.78, 5) is 62.8. The zero-order valence-electron chi connectivity index (χ0n) is 17.5. The van der Waals surface area contributed by atoms with Crippen molar-refractivity contribution in [3.05, 3.63) is 13.8 Å². The van der Waals surface area contributed by atoms with Gasteiger partial charge in [-0.2, -0.15) is 0 Å². The molecule has 0 saturated heterocycles. The Kier molecular flexibility index (Phi) is 33.7. The summed E-state index contributed by atoms with van der Waals surface area (Å²) < 4.78 is 0. The Morgan fingerprint density at radius 3 is 1.12 bits per heavy atom. The maximum Gasteiger partial charge on any atom is 0.312 e. The average molecular weight is 836 g/mol. The third kappa shape index (κ3) is 33.5. The van der Waals surface area contributed by atoms with E-state index in [0.29, 0.717) is 0 Å². The summed E-state index contributed by atoms with van der Waals surface area (Å²) in [6.07, 6.45) is 0.0596. The second kappa shape index (κ2) is 26.2. The van der Waals surface area contributed by atoms with Crippen molar-refractivity contribution in [2.75, 3.05) is 11.5 Å². The molecule has 0 aliphatic carbocycles. The molecule has 186 valence electrons. The standard InChI is InChI=1S/C12H20N4O4S2.2C2H4O2.2W/c1-3-9(17)7(15-11(13)19)5-21-22-6-8(10(18)4-2)16-12(14)20;2*1-2(3)4;;/h7-8H,1-6H2,(H3,13,15,19)(H3,14,16,20);2*1H3,(H,3,4);;/q-2;;;;. The van der Waals surface area contributed by atoms with E-state index < -0.39 is 36.1 Å². The topological polar surface area (TPSA) is 219 Å². The molecular formula is C16H28N4O8S2W2-2. The Balaban J connectivity index is -0.000000208. The van der Waals surface area contributed by atoms with Crippen molar-refractivity contribution < 1.29 is 81.1 Å². The van der Waals surface area contributed by atoms with Crippen LogP contribution >= 0.6 is 21.6 Å². The second-order valence-corrected chi connectivity index (χ2v) is 7.71. The molecule has 0 spiro atoms. The van der Waals surface area contributed by atoms with Crippen molar-refractivity contribution in [2.45, 2.75) is 38.8 Å². The Hall–Kier alpha value is -1.10. The van der Waals surface area contributed by atoms with E-state index in [0.717, 1.165) is 13.8 Å². The van der Waals surface area contributed by atoms with Crippen LogP contribution in [0.25, 0.3) is 0 Å². The number of ketones is 2. The van der Waals surface area contributed by atoms with Crippen LogP contribution in [-0.4, -0.2) is 69.4 Å². The molecule has 0 aliphatic rings. The Morgan fingerprint density at radius 1 is 0.750 bits per heavy atom. The van der Waals surface area contributed by atoms with Crippen LogP contribution in [-0.2, 0) is 61.3 Å². The monoisotopic (exact) mass is 836 g/mol. The maximum absolute atomic E-state index is 11.6. The molecule has 32 heavy (non-hydrogen) atoms. The molecule has 0 aromatic carbocycles. The summed E-state index contributed by atoms with van der Waals surface area (Å²) in [5.41, 5.74) is 10.00. The molecule has 0 heterocycles. The number of urea groups is 2. The number of primary amides is 2. The number of hydrogen-bond donors (Lipinski definition) is 6. The quantitative estimate of drug-likeness (QED) is 0.0945. The summed E-state index contributed by atoms with van der Waals surface area (Å²) in [5, 5.41) is 19.5. The minimum Gasteiger partial charge on any atom is -0.481 e. The predicted octanol–water partition coefficient (Wildman–Crippen LogP) is 0.205. The van der Waals surface area contributed by atoms with Crippen LogP contribution in [0.5, 0.6) is 0 Å². The molecule has 0 aliphatic heterocycles. The number of hydrogen-bond acceptors (Lipinski definition) is 8. The molecule has 2 unspecified atom stereocenters. The molecule has 0 radical (unpaired) electrons. The Morgan fingerprint density at radius 2 is 0.969 bits per heavy atom. The van der Waals surface area contributed by atoms with Crippen molar-refractivity contribution in [1.82, 2.24) is 10.6 Å². The van der Waals surface area contributed by atoms with Gasteiger partial charge in [-0.25, -0.2) is 9.59 Å². The van der Waals surface area contributed by atoms with Crippen LogP contribution in [0.4, 0.5) is 9.59 Å². The van der Waals surface area contributed by atoms with E-state index in [9.17, 15) is 19.2 Å². The van der Waals surface area contributed by atoms with Gasteiger partial charge in [-0.3, -0.25) is 9.59 Å². The largest absolute Gasteiger partial charge is 0.481 e. The van der Waals surface area contributed by atoms with Gasteiger partial charge in [0.15, 0.2) is 0 Å². The maximum atomic E-state index is 11.6. The number of rotatable bonds is 11. The minimum absolute atomic E-state index is 0. The molecule has 16 heteroatoms. The fraction of sp³-hybridized carbons (Fsp3) is 0.500. The molecule has 0 aromatic heterocycles. The molecule has 0 rings (SSSR count). The number of carboxylic acid groups (broad SMARTS) is 2. The van der Waals surface area contributed by atoms with Crippen molar-refractivity contribution in [1.29, 1.82) is 0 Å². The van der Waals surface area contributed by atoms with Crippen LogP contribution in [0.1, 0.15) is 26.7 Å². The zero-order chi connectivity index (χ0) is 24.3. The number of carboxylic acids is 2. The normalized spacial score (nSPS) is 10.5. The Labute approximate surface area is 223 Å². The van der Waals surface area contributed by atoms with Gasteiger partial charge in [-0.15, -0.1) is 12.8 Å². The van der Waals surface area contributed by atoms with Crippen molar-refractivity contribution in [2.24, 2.45) is 11.5 Å². The summed E-state index contributed by atoms with van der Waals surface area (Å²) in [7, 11) is 2.53. The van der Waals surface area contributed by atoms with E-state index in [1.165, 1.54) is 21.6 Å². The summed E-state index contributed by atoms with van der Waals surface area (Å²) in [6, 6.07) is -3.06. The van der Waals surface area contributed by atoms with Gasteiger partial charge in [0, 0.05) is 67.5 Å². The van der Waals surface area contributed by atoms with Crippen LogP contribution in [0.3, 0.4) is 0 Å². The van der Waals surface area contributed by atoms with Crippen LogP contribution in [0.15, 0.2) is 0 Å². The fourth-order valence-electron chi connectivity index (χ4n) is 1.35. The van der Waals surface area contributed by atoms with E-state index in [1.807, 2.05) is 0 Å². The summed E-state index contributed by atoms with van der Waals surface area (Å²) in [5.74, 6) is -1.62. The van der Waals surface area contributed by atoms with Gasteiger partial charge in [0.2, 0.25) is 0 Å². The van der Waals surface area contributed by atoms with Gasteiger partial charge < -0.3 is 55.8 Å². The number of nitrogens with two attached hydrogens (primary N) is 2. The molecule has 8 N–H and O–H groups in total.